The number of hydrogen-bond acceptors (Lipinski definition) is 3. The summed E-state index contributed by atoms with van der Waals surface area (Å²) in [5, 5.41) is 0. The summed E-state index contributed by atoms with van der Waals surface area (Å²) in [6, 6.07) is 28.2. The second-order valence-electron chi connectivity index (χ2n) is 9.91. The molecule has 3 heterocycles. The Labute approximate surface area is 211 Å². The number of allylic oxidation sites excluding steroid dienone is 4. The van der Waals surface area contributed by atoms with Gasteiger partial charge in [-0.25, -0.2) is 0 Å². The highest BCUT2D eigenvalue weighted by atomic mass is 16.4. The van der Waals surface area contributed by atoms with Crippen LogP contribution in [0.5, 0.6) is 0 Å². The molecule has 4 heteroatoms. The van der Waals surface area contributed by atoms with Crippen LogP contribution in [0.15, 0.2) is 113 Å². The molecule has 0 saturated heterocycles. The Hall–Kier alpha value is -4.18. The van der Waals surface area contributed by atoms with Crippen molar-refractivity contribution in [2.24, 2.45) is 0 Å². The molecule has 0 spiro atoms. The van der Waals surface area contributed by atoms with Crippen LogP contribution in [0.4, 0.5) is 28.6 Å². The molecule has 3 aromatic carbocycles. The first kappa shape index (κ1) is 20.1. The Morgan fingerprint density at radius 3 is 2.14 bits per heavy atom. The van der Waals surface area contributed by atoms with E-state index in [4.69, 9.17) is 4.42 Å². The number of nitrogens with zero attached hydrogens (tertiary/aromatic N) is 2. The molecule has 0 radical (unpaired) electrons. The van der Waals surface area contributed by atoms with Gasteiger partial charge in [-0.15, -0.1) is 0 Å². The van der Waals surface area contributed by atoms with Crippen LogP contribution in [0.25, 0.3) is 6.08 Å². The zero-order valence-corrected chi connectivity index (χ0v) is 20.0. The van der Waals surface area contributed by atoms with E-state index in [2.05, 4.69) is 113 Å². The minimum atomic E-state index is 0.160. The highest BCUT2D eigenvalue weighted by molar-refractivity contribution is 6.96. The van der Waals surface area contributed by atoms with Crippen molar-refractivity contribution in [3.8, 4) is 0 Å². The maximum Gasteiger partial charge on any atom is 0.256 e. The lowest BCUT2D eigenvalue weighted by Gasteiger charge is -2.44. The second-order valence-corrected chi connectivity index (χ2v) is 9.91. The molecule has 172 valence electrons. The predicted molar refractivity (Wildman–Crippen MR) is 150 cm³/mol. The molecular weight excluding hydrogens is 439 g/mol. The summed E-state index contributed by atoms with van der Waals surface area (Å²) in [4.78, 5) is 4.81. The Balaban J connectivity index is 1.48. The van der Waals surface area contributed by atoms with E-state index in [1.54, 1.807) is 0 Å². The quantitative estimate of drug-likeness (QED) is 0.300. The first-order valence-corrected chi connectivity index (χ1v) is 13.0. The van der Waals surface area contributed by atoms with Crippen LogP contribution in [0.2, 0.25) is 0 Å². The first-order chi connectivity index (χ1) is 17.9. The molecule has 4 aliphatic rings. The van der Waals surface area contributed by atoms with Gasteiger partial charge in [-0.3, -0.25) is 4.90 Å². The average Bonchev–Trinajstić information content (AvgIpc) is 3.33. The average molecular weight is 464 g/mol. The minimum absolute atomic E-state index is 0.160. The van der Waals surface area contributed by atoms with Crippen LogP contribution in [-0.4, -0.2) is 6.71 Å². The fourth-order valence-corrected chi connectivity index (χ4v) is 6.50. The van der Waals surface area contributed by atoms with E-state index in [-0.39, 0.29) is 6.71 Å². The number of fused-ring (bicyclic) bond motifs is 6. The van der Waals surface area contributed by atoms with Gasteiger partial charge in [-0.1, -0.05) is 66.8 Å². The normalized spacial score (nSPS) is 17.1. The zero-order valence-electron chi connectivity index (χ0n) is 20.0. The van der Waals surface area contributed by atoms with Gasteiger partial charge in [-0.2, -0.15) is 0 Å². The predicted octanol–water partition coefficient (Wildman–Crippen LogP) is 6.93. The lowest BCUT2D eigenvalue weighted by Crippen LogP contribution is -2.57. The van der Waals surface area contributed by atoms with Crippen molar-refractivity contribution >= 4 is 52.3 Å². The molecule has 0 saturated carbocycles. The van der Waals surface area contributed by atoms with Gasteiger partial charge >= 0.3 is 0 Å². The van der Waals surface area contributed by atoms with Gasteiger partial charge in [0.05, 0.1) is 0 Å². The Bertz CT molecular complexity index is 1600. The maximum absolute atomic E-state index is 6.75. The van der Waals surface area contributed by atoms with Crippen LogP contribution in [0, 0.1) is 0 Å². The van der Waals surface area contributed by atoms with Crippen molar-refractivity contribution < 1.29 is 4.42 Å². The molecule has 3 nitrogen and oxygen atoms in total. The van der Waals surface area contributed by atoms with Crippen molar-refractivity contribution in [2.75, 3.05) is 9.80 Å². The lowest BCUT2D eigenvalue weighted by molar-refractivity contribution is 0.515. The topological polar surface area (TPSA) is 19.6 Å². The van der Waals surface area contributed by atoms with Gasteiger partial charge in [0.1, 0.15) is 5.76 Å². The number of rotatable bonds is 2. The summed E-state index contributed by atoms with van der Waals surface area (Å²) < 4.78 is 6.75. The summed E-state index contributed by atoms with van der Waals surface area (Å²) >= 11 is 0. The van der Waals surface area contributed by atoms with Crippen molar-refractivity contribution in [1.29, 1.82) is 0 Å². The molecule has 2 aliphatic heterocycles. The standard InChI is InChI=1S/C32H25BN2O/c1-3-12-22(13-4-1)34-26-18-9-8-17-25(26)33-30-24-16-7-10-21-29(24)36-32(30)35(23-14-5-2-6-15-23)28-20-11-19-27(34)31(28)33/h1-7,11-20H,8-10,21H2. The van der Waals surface area contributed by atoms with Crippen LogP contribution in [0.3, 0.4) is 0 Å². The Morgan fingerprint density at radius 2 is 1.36 bits per heavy atom. The Morgan fingerprint density at radius 1 is 0.667 bits per heavy atom. The molecule has 1 aromatic heterocycles. The molecular formula is C32H25BN2O. The van der Waals surface area contributed by atoms with E-state index >= 15 is 0 Å². The molecule has 36 heavy (non-hydrogen) atoms. The van der Waals surface area contributed by atoms with E-state index in [1.165, 1.54) is 44.7 Å². The van der Waals surface area contributed by atoms with Crippen molar-refractivity contribution in [2.45, 2.75) is 25.7 Å². The van der Waals surface area contributed by atoms with Crippen molar-refractivity contribution in [1.82, 2.24) is 0 Å². The fraction of sp³-hybridized carbons (Fsp3) is 0.125. The summed E-state index contributed by atoms with van der Waals surface area (Å²) in [7, 11) is 0. The van der Waals surface area contributed by atoms with Crippen LogP contribution in [0.1, 0.15) is 30.6 Å². The van der Waals surface area contributed by atoms with Crippen molar-refractivity contribution in [3.63, 3.8) is 0 Å². The summed E-state index contributed by atoms with van der Waals surface area (Å²) in [5.74, 6) is 2.09. The number of furan rings is 1. The van der Waals surface area contributed by atoms with Gasteiger partial charge in [0.25, 0.3) is 6.71 Å². The van der Waals surface area contributed by atoms with E-state index in [0.29, 0.717) is 0 Å². The summed E-state index contributed by atoms with van der Waals surface area (Å²) in [6.07, 6.45) is 13.6. The molecule has 0 fully saturated rings. The number of para-hydroxylation sites is 2. The fourth-order valence-electron chi connectivity index (χ4n) is 6.50. The smallest absolute Gasteiger partial charge is 0.256 e. The van der Waals surface area contributed by atoms with E-state index in [0.717, 1.165) is 43.0 Å². The molecule has 0 bridgehead atoms. The second kappa shape index (κ2) is 7.66. The third-order valence-electron chi connectivity index (χ3n) is 7.93. The van der Waals surface area contributed by atoms with Gasteiger partial charge in [0.2, 0.25) is 0 Å². The summed E-state index contributed by atoms with van der Waals surface area (Å²) in [6.45, 7) is 0.160. The molecule has 8 rings (SSSR count). The van der Waals surface area contributed by atoms with Crippen LogP contribution >= 0.6 is 0 Å². The van der Waals surface area contributed by atoms with E-state index in [1.807, 2.05) is 0 Å². The number of benzene rings is 3. The molecule has 0 N–H and O–H groups in total. The highest BCUT2D eigenvalue weighted by Crippen LogP contribution is 2.47. The third-order valence-corrected chi connectivity index (χ3v) is 7.93. The van der Waals surface area contributed by atoms with Gasteiger partial charge in [0, 0.05) is 45.9 Å². The largest absolute Gasteiger partial charge is 0.445 e. The SMILES string of the molecule is C1=Cc2c(oc3c2B2C4=CCCC=C4N(c4ccccc4)c4cccc(c42)N3c2ccccc2)CC1. The van der Waals surface area contributed by atoms with Gasteiger partial charge in [-0.05, 0) is 66.6 Å². The molecule has 0 atom stereocenters. The lowest BCUT2D eigenvalue weighted by atomic mass is 9.32. The monoisotopic (exact) mass is 464 g/mol. The first-order valence-electron chi connectivity index (χ1n) is 13.0. The number of anilines is 5. The van der Waals surface area contributed by atoms with Crippen LogP contribution < -0.4 is 20.7 Å². The molecule has 4 aromatic rings. The van der Waals surface area contributed by atoms with E-state index in [9.17, 15) is 0 Å². The van der Waals surface area contributed by atoms with Gasteiger partial charge < -0.3 is 9.32 Å². The maximum atomic E-state index is 6.75. The van der Waals surface area contributed by atoms with E-state index < -0.39 is 0 Å². The number of aryl methyl sites for hydroxylation is 1. The molecule has 0 amide bonds. The van der Waals surface area contributed by atoms with Crippen LogP contribution in [-0.2, 0) is 6.42 Å². The summed E-state index contributed by atoms with van der Waals surface area (Å²) in [5.41, 5.74) is 11.5. The molecule has 0 unspecified atom stereocenters. The van der Waals surface area contributed by atoms with Crippen molar-refractivity contribution in [3.05, 3.63) is 120 Å². The molecule has 2 aliphatic carbocycles. The number of hydrogen-bond donors (Lipinski definition) is 0. The highest BCUT2D eigenvalue weighted by Gasteiger charge is 2.48. The van der Waals surface area contributed by atoms with Gasteiger partial charge in [0.15, 0.2) is 5.88 Å². The zero-order chi connectivity index (χ0) is 23.6. The third kappa shape index (κ3) is 2.70. The Kier molecular flexibility index (Phi) is 4.27. The minimum Gasteiger partial charge on any atom is -0.445 e.